The van der Waals surface area contributed by atoms with Gasteiger partial charge in [-0.05, 0) is 43.9 Å². The van der Waals surface area contributed by atoms with E-state index >= 15 is 0 Å². The summed E-state index contributed by atoms with van der Waals surface area (Å²) in [4.78, 5) is 29.6. The van der Waals surface area contributed by atoms with Crippen molar-refractivity contribution in [3.63, 3.8) is 0 Å². The lowest BCUT2D eigenvalue weighted by molar-refractivity contribution is 0.0693. The van der Waals surface area contributed by atoms with Crippen molar-refractivity contribution in [1.29, 1.82) is 0 Å². The van der Waals surface area contributed by atoms with Gasteiger partial charge in [0.05, 0.1) is 5.69 Å². The Morgan fingerprint density at radius 3 is 2.74 bits per heavy atom. The van der Waals surface area contributed by atoms with E-state index in [-0.39, 0.29) is 5.56 Å². The zero-order valence-electron chi connectivity index (χ0n) is 11.0. The van der Waals surface area contributed by atoms with Gasteiger partial charge in [-0.3, -0.25) is 4.79 Å². The number of carboxylic acids is 1. The van der Waals surface area contributed by atoms with Gasteiger partial charge >= 0.3 is 5.97 Å². The van der Waals surface area contributed by atoms with Gasteiger partial charge in [-0.15, -0.1) is 0 Å². The maximum atomic E-state index is 11.8. The summed E-state index contributed by atoms with van der Waals surface area (Å²) in [5, 5.41) is 8.95. The number of hydrogen-bond acceptors (Lipinski definition) is 3. The van der Waals surface area contributed by atoms with Crippen LogP contribution < -0.4 is 5.56 Å². The van der Waals surface area contributed by atoms with Crippen LogP contribution in [-0.4, -0.2) is 21.0 Å². The number of H-pyrrole nitrogens is 1. The van der Waals surface area contributed by atoms with E-state index in [9.17, 15) is 9.59 Å². The van der Waals surface area contributed by atoms with Crippen molar-refractivity contribution in [2.45, 2.75) is 39.0 Å². The van der Waals surface area contributed by atoms with Gasteiger partial charge in [-0.25, -0.2) is 9.78 Å². The summed E-state index contributed by atoms with van der Waals surface area (Å²) in [5.74, 6) is 1.68. The Hall–Kier alpha value is -1.65. The summed E-state index contributed by atoms with van der Waals surface area (Å²) in [6, 6.07) is 0. The number of rotatable bonds is 3. The third-order valence-electron chi connectivity index (χ3n) is 4.70. The Morgan fingerprint density at radius 2 is 2.21 bits per heavy atom. The van der Waals surface area contributed by atoms with E-state index < -0.39 is 11.5 Å². The number of aromatic amines is 1. The molecule has 0 radical (unpaired) electrons. The van der Waals surface area contributed by atoms with Crippen LogP contribution >= 0.6 is 0 Å². The molecule has 3 atom stereocenters. The monoisotopic (exact) mass is 262 g/mol. The average molecular weight is 262 g/mol. The SMILES string of the molecule is Cc1nc(CC2CC3CCC2C3)[nH]c(=O)c1C(=O)O. The smallest absolute Gasteiger partial charge is 0.343 e. The first kappa shape index (κ1) is 12.4. The highest BCUT2D eigenvalue weighted by Crippen LogP contribution is 2.49. The largest absolute Gasteiger partial charge is 0.477 e. The van der Waals surface area contributed by atoms with Gasteiger partial charge in [0.15, 0.2) is 0 Å². The lowest BCUT2D eigenvalue weighted by Crippen LogP contribution is -2.24. The average Bonchev–Trinajstić information content (AvgIpc) is 2.89. The van der Waals surface area contributed by atoms with Gasteiger partial charge in [0.1, 0.15) is 11.4 Å². The fraction of sp³-hybridized carbons (Fsp3) is 0.643. The number of carboxylic acid groups (broad SMARTS) is 1. The van der Waals surface area contributed by atoms with E-state index in [0.29, 0.717) is 17.4 Å². The lowest BCUT2D eigenvalue weighted by Gasteiger charge is -2.21. The molecular weight excluding hydrogens is 244 g/mol. The summed E-state index contributed by atoms with van der Waals surface area (Å²) >= 11 is 0. The van der Waals surface area contributed by atoms with Crippen LogP contribution in [0.25, 0.3) is 0 Å². The minimum Gasteiger partial charge on any atom is -0.477 e. The summed E-state index contributed by atoms with van der Waals surface area (Å²) < 4.78 is 0. The Bertz CT molecular complexity index is 579. The molecule has 0 spiro atoms. The zero-order chi connectivity index (χ0) is 13.6. The molecule has 2 aliphatic carbocycles. The third-order valence-corrected chi connectivity index (χ3v) is 4.70. The first-order chi connectivity index (χ1) is 9.04. The second kappa shape index (κ2) is 4.47. The third kappa shape index (κ3) is 2.17. The fourth-order valence-corrected chi connectivity index (χ4v) is 3.87. The van der Waals surface area contributed by atoms with Crippen molar-refractivity contribution < 1.29 is 9.90 Å². The van der Waals surface area contributed by atoms with Crippen molar-refractivity contribution in [2.75, 3.05) is 0 Å². The van der Waals surface area contributed by atoms with Crippen molar-refractivity contribution in [1.82, 2.24) is 9.97 Å². The fourth-order valence-electron chi connectivity index (χ4n) is 3.87. The maximum absolute atomic E-state index is 11.8. The topological polar surface area (TPSA) is 83.0 Å². The zero-order valence-corrected chi connectivity index (χ0v) is 11.0. The molecule has 2 saturated carbocycles. The van der Waals surface area contributed by atoms with Crippen LogP contribution in [0, 0.1) is 24.7 Å². The van der Waals surface area contributed by atoms with Gasteiger partial charge in [-0.2, -0.15) is 0 Å². The molecule has 2 aliphatic rings. The first-order valence-corrected chi connectivity index (χ1v) is 6.87. The van der Waals surface area contributed by atoms with Gasteiger partial charge in [-0.1, -0.05) is 6.42 Å². The number of fused-ring (bicyclic) bond motifs is 2. The van der Waals surface area contributed by atoms with Crippen molar-refractivity contribution in [3.05, 3.63) is 27.4 Å². The Balaban J connectivity index is 1.83. The van der Waals surface area contributed by atoms with E-state index in [0.717, 1.165) is 18.3 Å². The molecular formula is C14H18N2O3. The predicted octanol–water partition coefficient (Wildman–Crippen LogP) is 1.76. The Kier molecular flexibility index (Phi) is 2.92. The van der Waals surface area contributed by atoms with Gasteiger partial charge in [0, 0.05) is 6.42 Å². The second-order valence-electron chi connectivity index (χ2n) is 5.92. The van der Waals surface area contributed by atoms with Gasteiger partial charge in [0.2, 0.25) is 0 Å². The van der Waals surface area contributed by atoms with E-state index in [4.69, 9.17) is 5.11 Å². The minimum atomic E-state index is -1.21. The predicted molar refractivity (Wildman–Crippen MR) is 69.2 cm³/mol. The maximum Gasteiger partial charge on any atom is 0.343 e. The highest BCUT2D eigenvalue weighted by Gasteiger charge is 2.39. The highest BCUT2D eigenvalue weighted by molar-refractivity contribution is 5.88. The lowest BCUT2D eigenvalue weighted by atomic mass is 9.86. The summed E-state index contributed by atoms with van der Waals surface area (Å²) in [6.07, 6.45) is 5.97. The van der Waals surface area contributed by atoms with Crippen LogP contribution in [0.2, 0.25) is 0 Å². The molecule has 3 rings (SSSR count). The number of aromatic nitrogens is 2. The van der Waals surface area contributed by atoms with Crippen molar-refractivity contribution in [2.24, 2.45) is 17.8 Å². The first-order valence-electron chi connectivity index (χ1n) is 6.87. The molecule has 3 unspecified atom stereocenters. The molecule has 0 amide bonds. The molecule has 1 aromatic rings. The molecule has 2 bridgehead atoms. The summed E-state index contributed by atoms with van der Waals surface area (Å²) in [5.41, 5.74) is -0.454. The standard InChI is InChI=1S/C14H18N2O3/c1-7-12(14(18)19)13(17)16-11(15-7)6-10-5-8-2-3-9(10)4-8/h8-10H,2-6H2,1H3,(H,18,19)(H,15,16,17). The van der Waals surface area contributed by atoms with E-state index in [1.807, 2.05) is 0 Å². The summed E-state index contributed by atoms with van der Waals surface area (Å²) in [7, 11) is 0. The summed E-state index contributed by atoms with van der Waals surface area (Å²) in [6.45, 7) is 1.59. The van der Waals surface area contributed by atoms with E-state index in [2.05, 4.69) is 9.97 Å². The second-order valence-corrected chi connectivity index (χ2v) is 5.92. The normalized spacial score (nSPS) is 28.8. The molecule has 0 saturated heterocycles. The van der Waals surface area contributed by atoms with Crippen molar-refractivity contribution in [3.8, 4) is 0 Å². The molecule has 0 aliphatic heterocycles. The quantitative estimate of drug-likeness (QED) is 0.869. The molecule has 5 heteroatoms. The molecule has 2 fully saturated rings. The van der Waals surface area contributed by atoms with Crippen LogP contribution in [0.15, 0.2) is 4.79 Å². The van der Waals surface area contributed by atoms with Crippen LogP contribution in [0.1, 0.15) is 47.6 Å². The van der Waals surface area contributed by atoms with Crippen LogP contribution in [0.5, 0.6) is 0 Å². The molecule has 2 N–H and O–H groups in total. The van der Waals surface area contributed by atoms with E-state index in [1.165, 1.54) is 25.7 Å². The van der Waals surface area contributed by atoms with Gasteiger partial charge < -0.3 is 10.1 Å². The molecule has 1 heterocycles. The molecule has 19 heavy (non-hydrogen) atoms. The molecule has 102 valence electrons. The van der Waals surface area contributed by atoms with Crippen LogP contribution in [0.4, 0.5) is 0 Å². The molecule has 5 nitrogen and oxygen atoms in total. The Labute approximate surface area is 111 Å². The molecule has 0 aromatic carbocycles. The highest BCUT2D eigenvalue weighted by atomic mass is 16.4. The number of aryl methyl sites for hydroxylation is 1. The van der Waals surface area contributed by atoms with Gasteiger partial charge in [0.25, 0.3) is 5.56 Å². The number of nitrogens with zero attached hydrogens (tertiary/aromatic N) is 1. The number of carbonyl (C=O) groups is 1. The van der Waals surface area contributed by atoms with Crippen molar-refractivity contribution >= 4 is 5.97 Å². The Morgan fingerprint density at radius 1 is 1.42 bits per heavy atom. The number of nitrogens with one attached hydrogen (secondary N) is 1. The molecule has 1 aromatic heterocycles. The van der Waals surface area contributed by atoms with Crippen LogP contribution in [0.3, 0.4) is 0 Å². The minimum absolute atomic E-state index is 0.239. The van der Waals surface area contributed by atoms with E-state index in [1.54, 1.807) is 6.92 Å². The number of aromatic carboxylic acids is 1. The van der Waals surface area contributed by atoms with Crippen LogP contribution in [-0.2, 0) is 6.42 Å². The number of hydrogen-bond donors (Lipinski definition) is 2.